The summed E-state index contributed by atoms with van der Waals surface area (Å²) in [7, 11) is 6.05. The number of nitrogens with one attached hydrogen (secondary N) is 6. The smallest absolute Gasteiger partial charge is 0.410 e. The van der Waals surface area contributed by atoms with E-state index < -0.39 is 150 Å². The number of benzene rings is 2. The van der Waals surface area contributed by atoms with Crippen LogP contribution >= 0.6 is 0 Å². The molecule has 27 nitrogen and oxygen atoms in total. The third-order valence-electron chi connectivity index (χ3n) is 17.2. The molecule has 2 aliphatic rings. The van der Waals surface area contributed by atoms with Gasteiger partial charge in [-0.15, -0.1) is 0 Å². The van der Waals surface area contributed by atoms with Gasteiger partial charge in [0, 0.05) is 65.8 Å². The molecule has 2 heterocycles. The molecule has 0 saturated carbocycles. The van der Waals surface area contributed by atoms with E-state index >= 15 is 0 Å². The molecule has 0 bridgehead atoms. The van der Waals surface area contributed by atoms with E-state index in [0.717, 1.165) is 17.1 Å². The summed E-state index contributed by atoms with van der Waals surface area (Å²) in [5.41, 5.74) is 12.5. The summed E-state index contributed by atoms with van der Waals surface area (Å²) in [4.78, 5) is 153. The van der Waals surface area contributed by atoms with E-state index in [0.29, 0.717) is 41.8 Å². The zero-order valence-corrected chi connectivity index (χ0v) is 55.8. The van der Waals surface area contributed by atoms with Gasteiger partial charge in [-0.25, -0.2) is 9.59 Å². The summed E-state index contributed by atoms with van der Waals surface area (Å²) < 4.78 is 17.7. The van der Waals surface area contributed by atoms with Crippen molar-refractivity contribution >= 4 is 71.0 Å². The number of primary amides is 1. The molecule has 12 amide bonds. The zero-order valence-electron chi connectivity index (χ0n) is 55.8. The predicted molar refractivity (Wildman–Crippen MR) is 343 cm³/mol. The summed E-state index contributed by atoms with van der Waals surface area (Å²) in [5, 5.41) is 27.2. The Labute approximate surface area is 540 Å². The maximum absolute atomic E-state index is 14.8. The number of methoxy groups -OCH3 is 2. The first-order valence-corrected chi connectivity index (χ1v) is 31.6. The van der Waals surface area contributed by atoms with Crippen molar-refractivity contribution in [1.29, 1.82) is 0 Å². The minimum absolute atomic E-state index is 0.0110. The number of aliphatic hydroxyl groups excluding tert-OH is 1. The number of ether oxygens (including phenoxy) is 3. The standard InChI is InChI=1S/C65H100N12O15/c1-15-39(8)55(48(90-13)33-51(80)76-32-20-24-46(76)57(91-14)40(9)58(82)69-41(10)56(81)43-21-17-16-18-22-43)74(11)63(87)53(37(4)5)73-62(86)54(38(6)7)75(12)65(89)92-35-42-25-27-44(28-26-42)70-59(83)45(23-19-31-68-64(67)88)71-61(85)52(36(2)3)72-60(84)47(34-66)77-49(78)29-30-50(77)79/h16-18,21-22,25-30,36-41,45-48,52-57,81H,15,19-20,23-24,31-35,66H2,1-14H3,(H,69,82)(H,70,83)(H,71,85)(H,72,84)(H,73,86)(H3,67,68,88)/t39-,40+,41+,45-,46-,47-,48+,52?,53-,54?,55-,56+,57+/m0/s1. The van der Waals surface area contributed by atoms with Crippen LogP contribution in [0.2, 0.25) is 0 Å². The van der Waals surface area contributed by atoms with Crippen molar-refractivity contribution < 1.29 is 72.1 Å². The first kappa shape index (κ1) is 76.4. The molecule has 2 unspecified atom stereocenters. The van der Waals surface area contributed by atoms with Gasteiger partial charge in [0.15, 0.2) is 0 Å². The van der Waals surface area contributed by atoms with Crippen LogP contribution < -0.4 is 43.4 Å². The van der Waals surface area contributed by atoms with E-state index in [1.165, 1.54) is 38.3 Å². The molecule has 510 valence electrons. The third kappa shape index (κ3) is 20.8. The van der Waals surface area contributed by atoms with Crippen molar-refractivity contribution in [1.82, 2.24) is 46.2 Å². The van der Waals surface area contributed by atoms with Crippen LogP contribution in [-0.2, 0) is 64.0 Å². The number of amides is 12. The highest BCUT2D eigenvalue weighted by atomic mass is 16.6. The molecule has 13 atom stereocenters. The molecule has 1 fully saturated rings. The van der Waals surface area contributed by atoms with Crippen LogP contribution in [0.1, 0.15) is 125 Å². The largest absolute Gasteiger partial charge is 0.445 e. The molecule has 2 aliphatic heterocycles. The number of urea groups is 1. The lowest BCUT2D eigenvalue weighted by Gasteiger charge is -2.41. The van der Waals surface area contributed by atoms with E-state index in [9.17, 15) is 57.8 Å². The Morgan fingerprint density at radius 1 is 0.728 bits per heavy atom. The topological polar surface area (TPSA) is 373 Å². The first-order chi connectivity index (χ1) is 43.4. The number of nitrogens with two attached hydrogens (primary N) is 2. The van der Waals surface area contributed by atoms with Crippen LogP contribution in [0.3, 0.4) is 0 Å². The summed E-state index contributed by atoms with van der Waals surface area (Å²) >= 11 is 0. The second kappa shape index (κ2) is 36.3. The maximum atomic E-state index is 14.8. The number of carbonyl (C=O) groups is 11. The Balaban J connectivity index is 1.41. The van der Waals surface area contributed by atoms with Crippen molar-refractivity contribution in [3.63, 3.8) is 0 Å². The fourth-order valence-corrected chi connectivity index (χ4v) is 11.7. The molecule has 0 radical (unpaired) electrons. The monoisotopic (exact) mass is 1290 g/mol. The number of likely N-dealkylation sites (tertiary alicyclic amines) is 1. The first-order valence-electron chi connectivity index (χ1n) is 31.6. The molecule has 27 heteroatoms. The van der Waals surface area contributed by atoms with E-state index in [4.69, 9.17) is 25.7 Å². The second-order valence-corrected chi connectivity index (χ2v) is 24.9. The number of rotatable bonds is 35. The molecule has 11 N–H and O–H groups in total. The number of aliphatic hydroxyl groups is 1. The van der Waals surface area contributed by atoms with Crippen molar-refractivity contribution in [3.05, 3.63) is 77.9 Å². The van der Waals surface area contributed by atoms with Gasteiger partial charge in [0.2, 0.25) is 41.4 Å². The minimum Gasteiger partial charge on any atom is -0.445 e. The fourth-order valence-electron chi connectivity index (χ4n) is 11.7. The second-order valence-electron chi connectivity index (χ2n) is 24.9. The van der Waals surface area contributed by atoms with Gasteiger partial charge in [0.1, 0.15) is 36.8 Å². The van der Waals surface area contributed by atoms with Gasteiger partial charge < -0.3 is 72.5 Å². The van der Waals surface area contributed by atoms with Crippen molar-refractivity contribution in [2.45, 2.75) is 181 Å². The van der Waals surface area contributed by atoms with E-state index in [-0.39, 0.29) is 55.8 Å². The average Bonchev–Trinajstić information content (AvgIpc) is 1.42. The molecule has 2 aromatic carbocycles. The Bertz CT molecular complexity index is 2860. The van der Waals surface area contributed by atoms with Gasteiger partial charge in [-0.05, 0) is 79.5 Å². The van der Waals surface area contributed by atoms with Gasteiger partial charge in [0.05, 0.1) is 48.8 Å². The normalized spacial score (nSPS) is 17.9. The lowest BCUT2D eigenvalue weighted by Crippen LogP contribution is -2.60. The van der Waals surface area contributed by atoms with Gasteiger partial charge >= 0.3 is 12.1 Å². The van der Waals surface area contributed by atoms with Crippen LogP contribution in [0.5, 0.6) is 0 Å². The number of anilines is 1. The highest BCUT2D eigenvalue weighted by Gasteiger charge is 2.45. The molecule has 0 spiro atoms. The van der Waals surface area contributed by atoms with E-state index in [1.807, 2.05) is 32.0 Å². The fraction of sp³-hybridized carbons (Fsp3) is 0.615. The molecular formula is C65H100N12O15. The maximum Gasteiger partial charge on any atom is 0.410 e. The van der Waals surface area contributed by atoms with Crippen LogP contribution in [-0.4, -0.2) is 198 Å². The average molecular weight is 1290 g/mol. The Morgan fingerprint density at radius 3 is 1.88 bits per heavy atom. The molecule has 92 heavy (non-hydrogen) atoms. The summed E-state index contributed by atoms with van der Waals surface area (Å²) in [6.07, 6.45) is 0.745. The van der Waals surface area contributed by atoms with Crippen LogP contribution in [0.25, 0.3) is 0 Å². The highest BCUT2D eigenvalue weighted by molar-refractivity contribution is 6.15. The predicted octanol–water partition coefficient (Wildman–Crippen LogP) is 2.84. The van der Waals surface area contributed by atoms with Gasteiger partial charge in [-0.3, -0.25) is 53.0 Å². The third-order valence-corrected chi connectivity index (χ3v) is 17.2. The van der Waals surface area contributed by atoms with Gasteiger partial charge in [-0.2, -0.15) is 0 Å². The molecular weight excluding hydrogens is 1190 g/mol. The van der Waals surface area contributed by atoms with Crippen LogP contribution in [0, 0.1) is 29.6 Å². The summed E-state index contributed by atoms with van der Waals surface area (Å²) in [6.45, 7) is 17.6. The number of hydrogen-bond donors (Lipinski definition) is 9. The van der Waals surface area contributed by atoms with Crippen LogP contribution in [0.4, 0.5) is 15.3 Å². The van der Waals surface area contributed by atoms with E-state index in [1.54, 1.807) is 91.6 Å². The van der Waals surface area contributed by atoms with Crippen molar-refractivity contribution in [3.8, 4) is 0 Å². The van der Waals surface area contributed by atoms with E-state index in [2.05, 4.69) is 31.9 Å². The number of nitrogens with zero attached hydrogens (tertiary/aromatic N) is 4. The molecule has 0 aromatic heterocycles. The summed E-state index contributed by atoms with van der Waals surface area (Å²) in [5.74, 6) is -7.68. The lowest BCUT2D eigenvalue weighted by atomic mass is 9.89. The number of hydrogen-bond acceptors (Lipinski definition) is 16. The highest BCUT2D eigenvalue weighted by Crippen LogP contribution is 2.31. The summed E-state index contributed by atoms with van der Waals surface area (Å²) in [6, 6.07) is 6.77. The number of likely N-dealkylation sites (N-methyl/N-ethyl adjacent to an activating group) is 2. The Morgan fingerprint density at radius 2 is 1.34 bits per heavy atom. The SMILES string of the molecule is CC[C@H](C)[C@@H]([C@@H](CC(=O)N1CCC[C@H]1[C@H](OC)[C@@H](C)C(=O)N[C@H](C)[C@@H](O)c1ccccc1)OC)N(C)C(=O)[C@@H](NC(=O)C(C(C)C)N(C)C(=O)OCc1ccc(NC(=O)[C@H](CCCNC(N)=O)NC(=O)C(NC(=O)[C@H](CN)N2C(=O)C=CC2=O)C(C)C)cc1)C(C)C. The van der Waals surface area contributed by atoms with Gasteiger partial charge in [-0.1, -0.05) is 111 Å². The lowest BCUT2D eigenvalue weighted by molar-refractivity contribution is -0.148. The van der Waals surface area contributed by atoms with Gasteiger partial charge in [0.25, 0.3) is 11.8 Å². The zero-order chi connectivity index (χ0) is 68.8. The molecule has 0 aliphatic carbocycles. The van der Waals surface area contributed by atoms with Crippen LogP contribution in [0.15, 0.2) is 66.7 Å². The van der Waals surface area contributed by atoms with Crippen molar-refractivity contribution in [2.24, 2.45) is 41.1 Å². The number of imide groups is 1. The Hall–Kier alpha value is -8.01. The molecule has 4 rings (SSSR count). The minimum atomic E-state index is -1.41. The molecule has 1 saturated heterocycles. The molecule has 2 aromatic rings. The number of carbonyl (C=O) groups excluding carboxylic acids is 11. The van der Waals surface area contributed by atoms with Crippen molar-refractivity contribution in [2.75, 3.05) is 53.3 Å². The quantitative estimate of drug-likeness (QED) is 0.0354. The Kier molecular flexibility index (Phi) is 30.2.